The van der Waals surface area contributed by atoms with Crippen LogP contribution in [0.5, 0.6) is 11.5 Å². The van der Waals surface area contributed by atoms with Crippen molar-refractivity contribution < 1.29 is 9.47 Å². The molecule has 0 saturated carbocycles. The molecule has 2 aromatic rings. The first kappa shape index (κ1) is 13.8. The summed E-state index contributed by atoms with van der Waals surface area (Å²) in [5.41, 5.74) is 1.96. The summed E-state index contributed by atoms with van der Waals surface area (Å²) in [6.45, 7) is 0.627. The Hall–Kier alpha value is -2.12. The van der Waals surface area contributed by atoms with Crippen molar-refractivity contribution in [2.24, 2.45) is 0 Å². The summed E-state index contributed by atoms with van der Waals surface area (Å²) in [6.07, 6.45) is 1.03. The molecule has 3 nitrogen and oxygen atoms in total. The van der Waals surface area contributed by atoms with Crippen molar-refractivity contribution in [2.45, 2.75) is 16.6 Å². The molecule has 4 heteroatoms. The molecule has 1 aliphatic rings. The highest BCUT2D eigenvalue weighted by atomic mass is 32.2. The van der Waals surface area contributed by atoms with E-state index in [4.69, 9.17) is 14.7 Å². The lowest BCUT2D eigenvalue weighted by Gasteiger charge is -2.13. The highest BCUT2D eigenvalue weighted by Crippen LogP contribution is 2.37. The van der Waals surface area contributed by atoms with Gasteiger partial charge in [-0.1, -0.05) is 18.2 Å². The molecule has 0 saturated heterocycles. The first-order valence-corrected chi connectivity index (χ1v) is 7.63. The number of nitrogens with zero attached hydrogens (tertiary/aromatic N) is 1. The largest absolute Gasteiger partial charge is 0.493 e. The summed E-state index contributed by atoms with van der Waals surface area (Å²) in [6, 6.07) is 15.8. The molecule has 2 aromatic carbocycles. The number of benzene rings is 2. The van der Waals surface area contributed by atoms with Crippen LogP contribution in [-0.4, -0.2) is 19.0 Å². The van der Waals surface area contributed by atoms with Gasteiger partial charge in [-0.05, 0) is 30.2 Å². The Morgan fingerprint density at radius 3 is 2.86 bits per heavy atom. The van der Waals surface area contributed by atoms with Crippen LogP contribution < -0.4 is 9.47 Å². The summed E-state index contributed by atoms with van der Waals surface area (Å²) in [4.78, 5) is 1.35. The molecule has 1 atom stereocenters. The van der Waals surface area contributed by atoms with Gasteiger partial charge in [0.15, 0.2) is 11.5 Å². The van der Waals surface area contributed by atoms with Crippen LogP contribution >= 0.6 is 11.8 Å². The van der Waals surface area contributed by atoms with Gasteiger partial charge in [-0.15, -0.1) is 11.8 Å². The lowest BCUT2D eigenvalue weighted by molar-refractivity contribution is 0.294. The number of rotatable bonds is 4. The standard InChI is InChI=1S/C17H15NO2S/c1-19-16-8-12(10-18)6-7-15(16)20-11-14-9-13-4-2-3-5-17(13)21-14/h2-8,14H,9,11H2,1H3. The van der Waals surface area contributed by atoms with E-state index in [0.29, 0.717) is 28.9 Å². The summed E-state index contributed by atoms with van der Waals surface area (Å²) in [7, 11) is 1.59. The minimum atomic E-state index is 0.419. The molecule has 0 aliphatic carbocycles. The quantitative estimate of drug-likeness (QED) is 0.863. The summed E-state index contributed by atoms with van der Waals surface area (Å²) < 4.78 is 11.2. The van der Waals surface area contributed by atoms with Gasteiger partial charge in [0, 0.05) is 16.2 Å². The fraction of sp³-hybridized carbons (Fsp3) is 0.235. The van der Waals surface area contributed by atoms with Crippen molar-refractivity contribution in [1.29, 1.82) is 5.26 Å². The molecule has 0 spiro atoms. The Bertz CT molecular complexity index is 668. The van der Waals surface area contributed by atoms with Crippen LogP contribution in [0.15, 0.2) is 47.4 Å². The predicted octanol–water partition coefficient (Wildman–Crippen LogP) is 3.66. The van der Waals surface area contributed by atoms with E-state index in [9.17, 15) is 0 Å². The van der Waals surface area contributed by atoms with E-state index in [0.717, 1.165) is 6.42 Å². The van der Waals surface area contributed by atoms with Crippen molar-refractivity contribution in [3.63, 3.8) is 0 Å². The Balaban J connectivity index is 1.66. The average Bonchev–Trinajstić information content (AvgIpc) is 2.95. The second-order valence-corrected chi connectivity index (χ2v) is 6.18. The van der Waals surface area contributed by atoms with Gasteiger partial charge in [0.1, 0.15) is 6.61 Å². The van der Waals surface area contributed by atoms with E-state index in [-0.39, 0.29) is 0 Å². The maximum Gasteiger partial charge on any atom is 0.162 e. The van der Waals surface area contributed by atoms with E-state index in [2.05, 4.69) is 30.3 Å². The maximum absolute atomic E-state index is 8.90. The Kier molecular flexibility index (Phi) is 4.03. The van der Waals surface area contributed by atoms with Gasteiger partial charge < -0.3 is 9.47 Å². The van der Waals surface area contributed by atoms with E-state index in [1.807, 2.05) is 11.8 Å². The molecule has 3 rings (SSSR count). The topological polar surface area (TPSA) is 42.2 Å². The van der Waals surface area contributed by atoms with E-state index < -0.39 is 0 Å². The molecule has 106 valence electrons. The zero-order valence-electron chi connectivity index (χ0n) is 11.7. The van der Waals surface area contributed by atoms with E-state index in [1.165, 1.54) is 10.5 Å². The highest BCUT2D eigenvalue weighted by Gasteiger charge is 2.22. The molecule has 0 amide bonds. The normalized spacial score (nSPS) is 16.1. The molecule has 21 heavy (non-hydrogen) atoms. The van der Waals surface area contributed by atoms with Crippen LogP contribution in [0.3, 0.4) is 0 Å². The number of nitriles is 1. The number of methoxy groups -OCH3 is 1. The number of hydrogen-bond donors (Lipinski definition) is 0. The van der Waals surface area contributed by atoms with Crippen molar-refractivity contribution in [2.75, 3.05) is 13.7 Å². The lowest BCUT2D eigenvalue weighted by Crippen LogP contribution is -2.13. The molecule has 1 heterocycles. The zero-order valence-corrected chi connectivity index (χ0v) is 12.5. The molecule has 0 bridgehead atoms. The molecule has 0 aromatic heterocycles. The Labute approximate surface area is 128 Å². The van der Waals surface area contributed by atoms with Gasteiger partial charge in [0.05, 0.1) is 18.7 Å². The Morgan fingerprint density at radius 1 is 1.24 bits per heavy atom. The van der Waals surface area contributed by atoms with Crippen LogP contribution in [-0.2, 0) is 6.42 Å². The second kappa shape index (κ2) is 6.11. The molecule has 1 unspecified atom stereocenters. The number of thioether (sulfide) groups is 1. The summed E-state index contributed by atoms with van der Waals surface area (Å²) in [5, 5.41) is 9.32. The third kappa shape index (κ3) is 2.98. The van der Waals surface area contributed by atoms with Gasteiger partial charge in [-0.2, -0.15) is 5.26 Å². The van der Waals surface area contributed by atoms with Crippen molar-refractivity contribution in [1.82, 2.24) is 0 Å². The van der Waals surface area contributed by atoms with Gasteiger partial charge in [0.25, 0.3) is 0 Å². The average molecular weight is 297 g/mol. The predicted molar refractivity (Wildman–Crippen MR) is 83.0 cm³/mol. The summed E-state index contributed by atoms with van der Waals surface area (Å²) in [5.74, 6) is 1.29. The molecule has 1 aliphatic heterocycles. The van der Waals surface area contributed by atoms with Gasteiger partial charge in [-0.25, -0.2) is 0 Å². The van der Waals surface area contributed by atoms with Gasteiger partial charge in [0.2, 0.25) is 0 Å². The lowest BCUT2D eigenvalue weighted by atomic mass is 10.1. The Morgan fingerprint density at radius 2 is 2.10 bits per heavy atom. The van der Waals surface area contributed by atoms with Crippen molar-refractivity contribution >= 4 is 11.8 Å². The van der Waals surface area contributed by atoms with Crippen LogP contribution in [0.25, 0.3) is 0 Å². The van der Waals surface area contributed by atoms with Crippen LogP contribution in [0.1, 0.15) is 11.1 Å². The van der Waals surface area contributed by atoms with Crippen molar-refractivity contribution in [3.05, 3.63) is 53.6 Å². The molecular weight excluding hydrogens is 282 g/mol. The second-order valence-electron chi connectivity index (χ2n) is 4.84. The number of ether oxygens (including phenoxy) is 2. The minimum absolute atomic E-state index is 0.419. The smallest absolute Gasteiger partial charge is 0.162 e. The minimum Gasteiger partial charge on any atom is -0.493 e. The molecule has 0 radical (unpaired) electrons. The highest BCUT2D eigenvalue weighted by molar-refractivity contribution is 8.00. The van der Waals surface area contributed by atoms with E-state index >= 15 is 0 Å². The van der Waals surface area contributed by atoms with Crippen LogP contribution in [0, 0.1) is 11.3 Å². The maximum atomic E-state index is 8.90. The fourth-order valence-corrected chi connectivity index (χ4v) is 3.60. The number of fused-ring (bicyclic) bond motifs is 1. The SMILES string of the molecule is COc1cc(C#N)ccc1OCC1Cc2ccccc2S1. The fourth-order valence-electron chi connectivity index (χ4n) is 2.39. The molecule has 0 fully saturated rings. The summed E-state index contributed by atoms with van der Waals surface area (Å²) >= 11 is 1.86. The van der Waals surface area contributed by atoms with Crippen molar-refractivity contribution in [3.8, 4) is 17.6 Å². The monoisotopic (exact) mass is 297 g/mol. The number of hydrogen-bond acceptors (Lipinski definition) is 4. The third-order valence-electron chi connectivity index (χ3n) is 3.43. The third-order valence-corrected chi connectivity index (χ3v) is 4.72. The molecule has 0 N–H and O–H groups in total. The zero-order chi connectivity index (χ0) is 14.7. The van der Waals surface area contributed by atoms with E-state index in [1.54, 1.807) is 25.3 Å². The van der Waals surface area contributed by atoms with Crippen LogP contribution in [0.2, 0.25) is 0 Å². The first-order chi connectivity index (χ1) is 10.3. The van der Waals surface area contributed by atoms with Crippen LogP contribution in [0.4, 0.5) is 0 Å². The molecular formula is C17H15NO2S. The first-order valence-electron chi connectivity index (χ1n) is 6.75. The van der Waals surface area contributed by atoms with Gasteiger partial charge >= 0.3 is 0 Å². The van der Waals surface area contributed by atoms with Gasteiger partial charge in [-0.3, -0.25) is 0 Å².